The molecular formula is C16H28N2O3. The normalized spacial score (nSPS) is 20.0. The van der Waals surface area contributed by atoms with Crippen LogP contribution in [0.3, 0.4) is 0 Å². The van der Waals surface area contributed by atoms with E-state index in [9.17, 15) is 9.59 Å². The van der Waals surface area contributed by atoms with Gasteiger partial charge < -0.3 is 15.4 Å². The highest BCUT2D eigenvalue weighted by Gasteiger charge is 2.41. The smallest absolute Gasteiger partial charge is 0.408 e. The van der Waals surface area contributed by atoms with Crippen molar-refractivity contribution in [2.75, 3.05) is 6.54 Å². The van der Waals surface area contributed by atoms with Crippen molar-refractivity contribution >= 4 is 12.0 Å². The molecule has 2 amide bonds. The van der Waals surface area contributed by atoms with Crippen LogP contribution in [0.4, 0.5) is 4.79 Å². The summed E-state index contributed by atoms with van der Waals surface area (Å²) in [5.74, 6) is 2.13. The minimum absolute atomic E-state index is 0.132. The number of rotatable bonds is 6. The van der Waals surface area contributed by atoms with Gasteiger partial charge in [-0.1, -0.05) is 0 Å². The quantitative estimate of drug-likeness (QED) is 0.791. The molecule has 5 heteroatoms. The summed E-state index contributed by atoms with van der Waals surface area (Å²) in [7, 11) is 0. The summed E-state index contributed by atoms with van der Waals surface area (Å²) in [5.41, 5.74) is -0.552. The number of amides is 2. The Kier molecular flexibility index (Phi) is 4.79. The summed E-state index contributed by atoms with van der Waals surface area (Å²) in [6.45, 7) is 7.82. The molecule has 2 saturated carbocycles. The summed E-state index contributed by atoms with van der Waals surface area (Å²) < 4.78 is 5.15. The molecule has 2 aliphatic rings. The van der Waals surface area contributed by atoms with Crippen molar-refractivity contribution in [3.05, 3.63) is 0 Å². The van der Waals surface area contributed by atoms with E-state index in [2.05, 4.69) is 10.6 Å². The number of carbonyl (C=O) groups is 2. The van der Waals surface area contributed by atoms with Crippen LogP contribution in [0.2, 0.25) is 0 Å². The predicted molar refractivity (Wildman–Crippen MR) is 80.8 cm³/mol. The molecule has 21 heavy (non-hydrogen) atoms. The topological polar surface area (TPSA) is 67.4 Å². The van der Waals surface area contributed by atoms with Crippen molar-refractivity contribution in [2.45, 2.75) is 65.0 Å². The third-order valence-electron chi connectivity index (χ3n) is 4.09. The van der Waals surface area contributed by atoms with Gasteiger partial charge in [-0.2, -0.15) is 0 Å². The van der Waals surface area contributed by atoms with Crippen molar-refractivity contribution < 1.29 is 14.3 Å². The van der Waals surface area contributed by atoms with Crippen LogP contribution >= 0.6 is 0 Å². The van der Waals surface area contributed by atoms with Gasteiger partial charge in [-0.3, -0.25) is 4.79 Å². The minimum Gasteiger partial charge on any atom is -0.444 e. The zero-order valence-electron chi connectivity index (χ0n) is 13.6. The van der Waals surface area contributed by atoms with Gasteiger partial charge in [0, 0.05) is 6.54 Å². The third kappa shape index (κ3) is 5.56. The van der Waals surface area contributed by atoms with Crippen molar-refractivity contribution in [3.8, 4) is 0 Å². The van der Waals surface area contributed by atoms with Crippen LogP contribution in [0.25, 0.3) is 0 Å². The molecule has 0 bridgehead atoms. The van der Waals surface area contributed by atoms with Crippen molar-refractivity contribution in [3.63, 3.8) is 0 Å². The lowest BCUT2D eigenvalue weighted by Gasteiger charge is -2.22. The highest BCUT2D eigenvalue weighted by atomic mass is 16.6. The number of carbonyl (C=O) groups excluding carboxylic acids is 2. The van der Waals surface area contributed by atoms with Gasteiger partial charge in [0.05, 0.1) is 0 Å². The van der Waals surface area contributed by atoms with Crippen LogP contribution in [0, 0.1) is 17.8 Å². The SMILES string of the molecule is CC(NC(=O)OC(C)(C)C)C(=O)NCC(C1CC1)C1CC1. The number of hydrogen-bond acceptors (Lipinski definition) is 3. The number of nitrogens with one attached hydrogen (secondary N) is 2. The van der Waals surface area contributed by atoms with Crippen molar-refractivity contribution in [1.29, 1.82) is 0 Å². The first-order valence-electron chi connectivity index (χ1n) is 8.03. The van der Waals surface area contributed by atoms with E-state index in [0.29, 0.717) is 5.92 Å². The molecule has 1 unspecified atom stereocenters. The Morgan fingerprint density at radius 1 is 1.14 bits per heavy atom. The van der Waals surface area contributed by atoms with Crippen molar-refractivity contribution in [1.82, 2.24) is 10.6 Å². The highest BCUT2D eigenvalue weighted by Crippen LogP contribution is 2.48. The molecule has 2 aliphatic carbocycles. The first kappa shape index (κ1) is 16.1. The molecule has 1 atom stereocenters. The average Bonchev–Trinajstić information content (AvgIpc) is 3.20. The first-order chi connectivity index (χ1) is 9.76. The third-order valence-corrected chi connectivity index (χ3v) is 4.09. The molecule has 0 spiro atoms. The molecule has 0 radical (unpaired) electrons. The van der Waals surface area contributed by atoms with E-state index in [1.807, 2.05) is 0 Å². The molecular weight excluding hydrogens is 268 g/mol. The zero-order chi connectivity index (χ0) is 15.6. The maximum Gasteiger partial charge on any atom is 0.408 e. The summed E-state index contributed by atoms with van der Waals surface area (Å²) in [6, 6.07) is -0.570. The van der Waals surface area contributed by atoms with Crippen molar-refractivity contribution in [2.24, 2.45) is 17.8 Å². The zero-order valence-corrected chi connectivity index (χ0v) is 13.6. The fraction of sp³-hybridized carbons (Fsp3) is 0.875. The van der Waals surface area contributed by atoms with Gasteiger partial charge in [0.15, 0.2) is 0 Å². The van der Waals surface area contributed by atoms with Crippen LogP contribution in [0.1, 0.15) is 53.4 Å². The summed E-state index contributed by atoms with van der Waals surface area (Å²) >= 11 is 0. The highest BCUT2D eigenvalue weighted by molar-refractivity contribution is 5.85. The van der Waals surface area contributed by atoms with E-state index >= 15 is 0 Å². The van der Waals surface area contributed by atoms with Gasteiger partial charge in [0.1, 0.15) is 11.6 Å². The van der Waals surface area contributed by atoms with E-state index in [4.69, 9.17) is 4.74 Å². The summed E-state index contributed by atoms with van der Waals surface area (Å²) in [4.78, 5) is 23.7. The van der Waals surface area contributed by atoms with Crippen LogP contribution in [-0.2, 0) is 9.53 Å². The van der Waals surface area contributed by atoms with Crippen LogP contribution < -0.4 is 10.6 Å². The fourth-order valence-corrected chi connectivity index (χ4v) is 2.69. The maximum atomic E-state index is 12.1. The molecule has 2 rings (SSSR count). The second-order valence-electron chi connectivity index (χ2n) is 7.45. The Bertz CT molecular complexity index is 383. The molecule has 5 nitrogen and oxygen atoms in total. The molecule has 2 fully saturated rings. The minimum atomic E-state index is -0.570. The maximum absolute atomic E-state index is 12.1. The first-order valence-corrected chi connectivity index (χ1v) is 8.03. The Balaban J connectivity index is 1.70. The summed E-state index contributed by atoms with van der Waals surface area (Å²) in [5, 5.41) is 5.56. The average molecular weight is 296 g/mol. The Labute approximate surface area is 127 Å². The lowest BCUT2D eigenvalue weighted by atomic mass is 9.98. The lowest BCUT2D eigenvalue weighted by molar-refractivity contribution is -0.123. The molecule has 0 saturated heterocycles. The van der Waals surface area contributed by atoms with Gasteiger partial charge in [0.2, 0.25) is 5.91 Å². The molecule has 0 aromatic rings. The lowest BCUT2D eigenvalue weighted by Crippen LogP contribution is -2.47. The van der Waals surface area contributed by atoms with Gasteiger partial charge in [0.25, 0.3) is 0 Å². The van der Waals surface area contributed by atoms with E-state index in [0.717, 1.165) is 18.4 Å². The Morgan fingerprint density at radius 3 is 2.10 bits per heavy atom. The molecule has 0 heterocycles. The van der Waals surface area contributed by atoms with E-state index in [-0.39, 0.29) is 5.91 Å². The Hall–Kier alpha value is -1.26. The molecule has 2 N–H and O–H groups in total. The monoisotopic (exact) mass is 296 g/mol. The number of alkyl carbamates (subject to hydrolysis) is 1. The van der Waals surface area contributed by atoms with Crippen LogP contribution in [0.15, 0.2) is 0 Å². The second-order valence-corrected chi connectivity index (χ2v) is 7.45. The van der Waals surface area contributed by atoms with E-state index < -0.39 is 17.7 Å². The molecule has 0 aliphatic heterocycles. The number of hydrogen-bond donors (Lipinski definition) is 2. The summed E-state index contributed by atoms with van der Waals surface area (Å²) in [6.07, 6.45) is 4.68. The van der Waals surface area contributed by atoms with Gasteiger partial charge in [-0.05, 0) is 71.1 Å². The van der Waals surface area contributed by atoms with Crippen LogP contribution in [0.5, 0.6) is 0 Å². The predicted octanol–water partition coefficient (Wildman–Crippen LogP) is 2.45. The second kappa shape index (κ2) is 6.24. The van der Waals surface area contributed by atoms with Crippen LogP contribution in [-0.4, -0.2) is 30.2 Å². The molecule has 0 aromatic carbocycles. The van der Waals surface area contributed by atoms with Gasteiger partial charge >= 0.3 is 6.09 Å². The largest absolute Gasteiger partial charge is 0.444 e. The van der Waals surface area contributed by atoms with Gasteiger partial charge in [-0.15, -0.1) is 0 Å². The molecule has 0 aromatic heterocycles. The van der Waals surface area contributed by atoms with Gasteiger partial charge in [-0.25, -0.2) is 4.79 Å². The fourth-order valence-electron chi connectivity index (χ4n) is 2.69. The standard InChI is InChI=1S/C16H28N2O3/c1-10(18-15(20)21-16(2,3)4)14(19)17-9-13(11-5-6-11)12-7-8-12/h10-13H,5-9H2,1-4H3,(H,17,19)(H,18,20). The van der Waals surface area contributed by atoms with E-state index in [1.54, 1.807) is 27.7 Å². The van der Waals surface area contributed by atoms with E-state index in [1.165, 1.54) is 25.7 Å². The molecule has 120 valence electrons. The number of ether oxygens (including phenoxy) is 1. The Morgan fingerprint density at radius 2 is 1.67 bits per heavy atom.